The summed E-state index contributed by atoms with van der Waals surface area (Å²) in [6, 6.07) is 6.94. The fraction of sp³-hybridized carbons (Fsp3) is 0.529. The van der Waals surface area contributed by atoms with E-state index in [1.54, 1.807) is 24.3 Å². The number of carbonyl (C=O) groups is 2. The molecule has 1 N–H and O–H groups in total. The molecule has 21 heavy (non-hydrogen) atoms. The Balaban J connectivity index is 2.73. The number of nitrogens with zero attached hydrogens (tertiary/aromatic N) is 1. The molecule has 116 valence electrons. The Bertz CT molecular complexity index is 481. The van der Waals surface area contributed by atoms with E-state index in [9.17, 15) is 9.59 Å². The third kappa shape index (κ3) is 5.21. The van der Waals surface area contributed by atoms with Gasteiger partial charge in [0.05, 0.1) is 0 Å². The molecular weight excluding hydrogens is 264 g/mol. The van der Waals surface area contributed by atoms with Crippen LogP contribution in [0.3, 0.4) is 0 Å². The van der Waals surface area contributed by atoms with Crippen LogP contribution in [-0.4, -0.2) is 29.8 Å². The van der Waals surface area contributed by atoms with Crippen molar-refractivity contribution in [1.29, 1.82) is 0 Å². The Morgan fingerprint density at radius 1 is 1.19 bits per heavy atom. The Labute approximate surface area is 127 Å². The van der Waals surface area contributed by atoms with Gasteiger partial charge in [0.15, 0.2) is 5.78 Å². The van der Waals surface area contributed by atoms with Crippen LogP contribution >= 0.6 is 0 Å². The third-order valence-electron chi connectivity index (χ3n) is 3.82. The maximum absolute atomic E-state index is 12.3. The Hall–Kier alpha value is -1.84. The number of nitrogens with one attached hydrogen (secondary N) is 1. The third-order valence-corrected chi connectivity index (χ3v) is 3.82. The van der Waals surface area contributed by atoms with Crippen LogP contribution in [0.4, 0.5) is 10.5 Å². The van der Waals surface area contributed by atoms with E-state index in [1.165, 1.54) is 6.92 Å². The largest absolute Gasteiger partial charge is 0.325 e. The SMILES string of the molecule is CCC(CC)CN(CC)C(=O)Nc1cccc(C(C)=O)c1. The Morgan fingerprint density at radius 2 is 1.86 bits per heavy atom. The summed E-state index contributed by atoms with van der Waals surface area (Å²) >= 11 is 0. The summed E-state index contributed by atoms with van der Waals surface area (Å²) in [5.74, 6) is 0.523. The number of hydrogen-bond donors (Lipinski definition) is 1. The molecule has 1 rings (SSSR count). The molecule has 0 unspecified atom stereocenters. The quantitative estimate of drug-likeness (QED) is 0.766. The van der Waals surface area contributed by atoms with Gasteiger partial charge in [-0.1, -0.05) is 38.8 Å². The van der Waals surface area contributed by atoms with Crippen molar-refractivity contribution < 1.29 is 9.59 Å². The highest BCUT2D eigenvalue weighted by Gasteiger charge is 2.16. The van der Waals surface area contributed by atoms with Crippen LogP contribution in [0.5, 0.6) is 0 Å². The molecule has 0 aromatic heterocycles. The monoisotopic (exact) mass is 290 g/mol. The molecule has 0 aliphatic heterocycles. The fourth-order valence-corrected chi connectivity index (χ4v) is 2.23. The van der Waals surface area contributed by atoms with Crippen LogP contribution < -0.4 is 5.32 Å². The molecule has 4 nitrogen and oxygen atoms in total. The summed E-state index contributed by atoms with van der Waals surface area (Å²) < 4.78 is 0. The molecule has 0 saturated heterocycles. The van der Waals surface area contributed by atoms with Crippen molar-refractivity contribution in [2.45, 2.75) is 40.5 Å². The first-order valence-electron chi connectivity index (χ1n) is 7.68. The van der Waals surface area contributed by atoms with Crippen molar-refractivity contribution in [3.8, 4) is 0 Å². The van der Waals surface area contributed by atoms with Gasteiger partial charge >= 0.3 is 6.03 Å². The second kappa shape index (κ2) is 8.45. The van der Waals surface area contributed by atoms with Crippen molar-refractivity contribution in [2.24, 2.45) is 5.92 Å². The molecule has 0 saturated carbocycles. The zero-order valence-electron chi connectivity index (χ0n) is 13.5. The van der Waals surface area contributed by atoms with Crippen molar-refractivity contribution in [1.82, 2.24) is 4.90 Å². The van der Waals surface area contributed by atoms with Gasteiger partial charge in [-0.05, 0) is 31.9 Å². The van der Waals surface area contributed by atoms with Crippen LogP contribution in [0, 0.1) is 5.92 Å². The van der Waals surface area contributed by atoms with Gasteiger partial charge in [-0.25, -0.2) is 4.79 Å². The summed E-state index contributed by atoms with van der Waals surface area (Å²) in [6.45, 7) is 9.24. The van der Waals surface area contributed by atoms with Crippen LogP contribution in [0.1, 0.15) is 50.9 Å². The number of rotatable bonds is 7. The number of hydrogen-bond acceptors (Lipinski definition) is 2. The van der Waals surface area contributed by atoms with E-state index in [0.29, 0.717) is 23.7 Å². The second-order valence-corrected chi connectivity index (χ2v) is 5.29. The molecule has 0 radical (unpaired) electrons. The fourth-order valence-electron chi connectivity index (χ4n) is 2.23. The van der Waals surface area contributed by atoms with Gasteiger partial charge in [-0.15, -0.1) is 0 Å². The number of amides is 2. The summed E-state index contributed by atoms with van der Waals surface area (Å²) in [7, 11) is 0. The zero-order valence-corrected chi connectivity index (χ0v) is 13.5. The standard InChI is InChI=1S/C17H26N2O2/c1-5-14(6-2)12-19(7-3)17(21)18-16-10-8-9-15(11-16)13(4)20/h8-11,14H,5-7,12H2,1-4H3,(H,18,21). The molecule has 1 aromatic rings. The molecule has 0 fully saturated rings. The number of Topliss-reactive ketones (excluding diaryl/α,β-unsaturated/α-hetero) is 1. The lowest BCUT2D eigenvalue weighted by Crippen LogP contribution is -2.38. The first-order valence-corrected chi connectivity index (χ1v) is 7.68. The molecule has 2 amide bonds. The van der Waals surface area contributed by atoms with Gasteiger partial charge in [0.1, 0.15) is 0 Å². The van der Waals surface area contributed by atoms with Gasteiger partial charge in [-0.3, -0.25) is 4.79 Å². The summed E-state index contributed by atoms with van der Waals surface area (Å²) in [4.78, 5) is 25.5. The van der Waals surface area contributed by atoms with E-state index >= 15 is 0 Å². The topological polar surface area (TPSA) is 49.4 Å². The number of carbonyl (C=O) groups excluding carboxylic acids is 2. The Morgan fingerprint density at radius 3 is 2.38 bits per heavy atom. The first kappa shape index (κ1) is 17.2. The van der Waals surface area contributed by atoms with Crippen molar-refractivity contribution in [3.63, 3.8) is 0 Å². The van der Waals surface area contributed by atoms with Gasteiger partial charge in [0, 0.05) is 24.3 Å². The number of benzene rings is 1. The number of ketones is 1. The van der Waals surface area contributed by atoms with Crippen LogP contribution in [0.15, 0.2) is 24.3 Å². The van der Waals surface area contributed by atoms with Gasteiger partial charge < -0.3 is 10.2 Å². The van der Waals surface area contributed by atoms with Gasteiger partial charge in [-0.2, -0.15) is 0 Å². The highest BCUT2D eigenvalue weighted by atomic mass is 16.2. The van der Waals surface area contributed by atoms with E-state index in [1.807, 2.05) is 11.8 Å². The van der Waals surface area contributed by atoms with E-state index in [2.05, 4.69) is 19.2 Å². The lowest BCUT2D eigenvalue weighted by Gasteiger charge is -2.25. The van der Waals surface area contributed by atoms with E-state index in [-0.39, 0.29) is 11.8 Å². The number of urea groups is 1. The molecule has 0 heterocycles. The van der Waals surface area contributed by atoms with Crippen LogP contribution in [0.2, 0.25) is 0 Å². The van der Waals surface area contributed by atoms with E-state index < -0.39 is 0 Å². The molecule has 1 aromatic carbocycles. The maximum Gasteiger partial charge on any atom is 0.321 e. The van der Waals surface area contributed by atoms with Crippen molar-refractivity contribution in [3.05, 3.63) is 29.8 Å². The predicted molar refractivity (Wildman–Crippen MR) is 86.8 cm³/mol. The molecule has 0 aliphatic carbocycles. The molecule has 4 heteroatoms. The second-order valence-electron chi connectivity index (χ2n) is 5.29. The number of anilines is 1. The lowest BCUT2D eigenvalue weighted by molar-refractivity contribution is 0.101. The molecule has 0 bridgehead atoms. The minimum atomic E-state index is -0.106. The smallest absolute Gasteiger partial charge is 0.321 e. The predicted octanol–water partition coefficient (Wildman–Crippen LogP) is 4.18. The van der Waals surface area contributed by atoms with Gasteiger partial charge in [0.2, 0.25) is 0 Å². The molecule has 0 aliphatic rings. The zero-order chi connectivity index (χ0) is 15.8. The van der Waals surface area contributed by atoms with Crippen molar-refractivity contribution >= 4 is 17.5 Å². The van der Waals surface area contributed by atoms with Crippen LogP contribution in [-0.2, 0) is 0 Å². The first-order chi connectivity index (χ1) is 10.0. The van der Waals surface area contributed by atoms with E-state index in [4.69, 9.17) is 0 Å². The molecule has 0 atom stereocenters. The average molecular weight is 290 g/mol. The maximum atomic E-state index is 12.3. The lowest BCUT2D eigenvalue weighted by atomic mass is 10.0. The van der Waals surface area contributed by atoms with Crippen LogP contribution in [0.25, 0.3) is 0 Å². The summed E-state index contributed by atoms with van der Waals surface area (Å²) in [5, 5.41) is 2.88. The summed E-state index contributed by atoms with van der Waals surface area (Å²) in [6.07, 6.45) is 2.14. The molecule has 0 spiro atoms. The summed E-state index contributed by atoms with van der Waals surface area (Å²) in [5.41, 5.74) is 1.27. The highest BCUT2D eigenvalue weighted by molar-refractivity contribution is 5.96. The minimum Gasteiger partial charge on any atom is -0.325 e. The highest BCUT2D eigenvalue weighted by Crippen LogP contribution is 2.14. The van der Waals surface area contributed by atoms with Gasteiger partial charge in [0.25, 0.3) is 0 Å². The molecular formula is C17H26N2O2. The van der Waals surface area contributed by atoms with Crippen molar-refractivity contribution in [2.75, 3.05) is 18.4 Å². The average Bonchev–Trinajstić information content (AvgIpc) is 2.48. The van der Waals surface area contributed by atoms with E-state index in [0.717, 1.165) is 19.4 Å². The Kier molecular flexibility index (Phi) is 6.92. The normalized spacial score (nSPS) is 10.5. The minimum absolute atomic E-state index is 0.00419.